The number of anilines is 1. The SMILES string of the molecule is COc1ccc(CC(C2=CCCC2)N2CCN(c3ccc([C]=O)cc3)CC2)cc1. The fourth-order valence-electron chi connectivity index (χ4n) is 4.51. The third kappa shape index (κ3) is 4.70. The van der Waals surface area contributed by atoms with Gasteiger partial charge >= 0.3 is 0 Å². The van der Waals surface area contributed by atoms with Gasteiger partial charge in [-0.3, -0.25) is 9.69 Å². The van der Waals surface area contributed by atoms with Gasteiger partial charge in [0.05, 0.1) is 7.11 Å². The molecule has 0 spiro atoms. The van der Waals surface area contributed by atoms with Crippen LogP contribution in [0.5, 0.6) is 5.75 Å². The summed E-state index contributed by atoms with van der Waals surface area (Å²) in [5.74, 6) is 0.914. The minimum Gasteiger partial charge on any atom is -0.497 e. The van der Waals surface area contributed by atoms with E-state index in [9.17, 15) is 4.79 Å². The number of methoxy groups -OCH3 is 1. The van der Waals surface area contributed by atoms with E-state index in [-0.39, 0.29) is 0 Å². The second-order valence-electron chi connectivity index (χ2n) is 7.91. The van der Waals surface area contributed by atoms with Crippen molar-refractivity contribution in [1.29, 1.82) is 0 Å². The molecular weight excluding hydrogens is 360 g/mol. The highest BCUT2D eigenvalue weighted by molar-refractivity contribution is 5.76. The Hall–Kier alpha value is -2.59. The maximum absolute atomic E-state index is 10.8. The van der Waals surface area contributed by atoms with Gasteiger partial charge in [-0.15, -0.1) is 0 Å². The van der Waals surface area contributed by atoms with E-state index in [1.807, 2.05) is 30.6 Å². The molecule has 2 aromatic carbocycles. The second kappa shape index (κ2) is 9.27. The van der Waals surface area contributed by atoms with Crippen molar-refractivity contribution in [2.24, 2.45) is 0 Å². The lowest BCUT2D eigenvalue weighted by Gasteiger charge is -2.41. The maximum Gasteiger partial charge on any atom is 0.233 e. The summed E-state index contributed by atoms with van der Waals surface area (Å²) in [6, 6.07) is 16.8. The highest BCUT2D eigenvalue weighted by Gasteiger charge is 2.27. The fourth-order valence-corrected chi connectivity index (χ4v) is 4.51. The zero-order valence-corrected chi connectivity index (χ0v) is 17.1. The van der Waals surface area contributed by atoms with Crippen LogP contribution in [-0.4, -0.2) is 50.5 Å². The zero-order chi connectivity index (χ0) is 20.1. The minimum absolute atomic E-state index is 0.486. The molecule has 1 saturated heterocycles. The summed E-state index contributed by atoms with van der Waals surface area (Å²) in [7, 11) is 1.71. The van der Waals surface area contributed by atoms with Crippen molar-refractivity contribution in [1.82, 2.24) is 4.90 Å². The third-order valence-corrected chi connectivity index (χ3v) is 6.20. The quantitative estimate of drug-likeness (QED) is 0.670. The lowest BCUT2D eigenvalue weighted by Crippen LogP contribution is -2.51. The van der Waals surface area contributed by atoms with Crippen LogP contribution < -0.4 is 9.64 Å². The van der Waals surface area contributed by atoms with Gasteiger partial charge in [0.25, 0.3) is 0 Å². The fraction of sp³-hybridized carbons (Fsp3) is 0.400. The molecule has 4 rings (SSSR count). The van der Waals surface area contributed by atoms with E-state index in [4.69, 9.17) is 4.74 Å². The number of rotatable bonds is 7. The largest absolute Gasteiger partial charge is 0.497 e. The number of hydrogen-bond acceptors (Lipinski definition) is 4. The highest BCUT2D eigenvalue weighted by Crippen LogP contribution is 2.29. The van der Waals surface area contributed by atoms with E-state index < -0.39 is 0 Å². The molecule has 0 bridgehead atoms. The number of ether oxygens (including phenoxy) is 1. The first-order valence-electron chi connectivity index (χ1n) is 10.6. The average Bonchev–Trinajstić information content (AvgIpc) is 3.33. The van der Waals surface area contributed by atoms with Crippen molar-refractivity contribution < 1.29 is 9.53 Å². The van der Waals surface area contributed by atoms with E-state index in [0.717, 1.165) is 38.3 Å². The van der Waals surface area contributed by atoms with Gasteiger partial charge in [-0.1, -0.05) is 23.8 Å². The monoisotopic (exact) mass is 389 g/mol. The van der Waals surface area contributed by atoms with Gasteiger partial charge in [0.1, 0.15) is 5.75 Å². The van der Waals surface area contributed by atoms with Crippen LogP contribution in [0.2, 0.25) is 0 Å². The van der Waals surface area contributed by atoms with Crippen molar-refractivity contribution in [2.75, 3.05) is 38.2 Å². The average molecular weight is 390 g/mol. The lowest BCUT2D eigenvalue weighted by molar-refractivity contribution is 0.205. The summed E-state index contributed by atoms with van der Waals surface area (Å²) in [5.41, 5.74) is 4.78. The molecule has 0 saturated carbocycles. The Kier molecular flexibility index (Phi) is 6.30. The summed E-state index contributed by atoms with van der Waals surface area (Å²) in [6.45, 7) is 4.13. The second-order valence-corrected chi connectivity index (χ2v) is 7.91. The van der Waals surface area contributed by atoms with Crippen molar-refractivity contribution in [3.05, 3.63) is 71.3 Å². The minimum atomic E-state index is 0.486. The predicted octanol–water partition coefficient (Wildman–Crippen LogP) is 4.00. The van der Waals surface area contributed by atoms with Crippen molar-refractivity contribution in [3.63, 3.8) is 0 Å². The van der Waals surface area contributed by atoms with Crippen LogP contribution in [0.15, 0.2) is 60.2 Å². The van der Waals surface area contributed by atoms with E-state index in [1.165, 1.54) is 30.5 Å². The molecule has 0 amide bonds. The number of hydrogen-bond donors (Lipinski definition) is 0. The number of allylic oxidation sites excluding steroid dienone is 1. The highest BCUT2D eigenvalue weighted by atomic mass is 16.5. The molecule has 4 heteroatoms. The summed E-state index contributed by atoms with van der Waals surface area (Å²) in [5, 5.41) is 0. The normalized spacial score (nSPS) is 18.4. The molecule has 1 aliphatic heterocycles. The van der Waals surface area contributed by atoms with Gasteiger partial charge in [-0.2, -0.15) is 0 Å². The number of benzene rings is 2. The molecule has 0 aromatic heterocycles. The lowest BCUT2D eigenvalue weighted by atomic mass is 9.96. The Morgan fingerprint density at radius 3 is 2.31 bits per heavy atom. The topological polar surface area (TPSA) is 32.8 Å². The van der Waals surface area contributed by atoms with Gasteiger partial charge in [-0.05, 0) is 67.6 Å². The Balaban J connectivity index is 1.43. The Morgan fingerprint density at radius 2 is 1.72 bits per heavy atom. The molecule has 1 atom stereocenters. The molecule has 2 aromatic rings. The Bertz CT molecular complexity index is 834. The van der Waals surface area contributed by atoms with Gasteiger partial charge < -0.3 is 9.64 Å². The number of piperazine rings is 1. The first-order chi connectivity index (χ1) is 14.3. The smallest absolute Gasteiger partial charge is 0.233 e. The van der Waals surface area contributed by atoms with Gasteiger partial charge in [0.15, 0.2) is 0 Å². The Morgan fingerprint density at radius 1 is 1.00 bits per heavy atom. The molecule has 0 N–H and O–H groups in total. The summed E-state index contributed by atoms with van der Waals surface area (Å²) < 4.78 is 5.31. The van der Waals surface area contributed by atoms with E-state index in [0.29, 0.717) is 11.6 Å². The van der Waals surface area contributed by atoms with Crippen LogP contribution in [0.3, 0.4) is 0 Å². The number of carbonyl (C=O) groups excluding carboxylic acids is 1. The molecule has 4 nitrogen and oxygen atoms in total. The Labute approximate surface area is 173 Å². The van der Waals surface area contributed by atoms with Crippen LogP contribution in [0.4, 0.5) is 5.69 Å². The molecular formula is C25H29N2O2. The van der Waals surface area contributed by atoms with E-state index in [1.54, 1.807) is 12.7 Å². The van der Waals surface area contributed by atoms with Crippen molar-refractivity contribution in [2.45, 2.75) is 31.7 Å². The van der Waals surface area contributed by atoms with E-state index in [2.05, 4.69) is 40.1 Å². The molecule has 2 aliphatic rings. The van der Waals surface area contributed by atoms with Crippen LogP contribution in [0, 0.1) is 0 Å². The molecule has 1 unspecified atom stereocenters. The summed E-state index contributed by atoms with van der Waals surface area (Å²) >= 11 is 0. The van der Waals surface area contributed by atoms with Crippen LogP contribution in [0.1, 0.15) is 30.4 Å². The molecule has 1 fully saturated rings. The van der Waals surface area contributed by atoms with Crippen molar-refractivity contribution >= 4 is 12.0 Å². The van der Waals surface area contributed by atoms with E-state index >= 15 is 0 Å². The van der Waals surface area contributed by atoms with Gasteiger partial charge in [0.2, 0.25) is 6.29 Å². The molecule has 29 heavy (non-hydrogen) atoms. The third-order valence-electron chi connectivity index (χ3n) is 6.20. The first kappa shape index (κ1) is 19.7. The predicted molar refractivity (Wildman–Crippen MR) is 117 cm³/mol. The van der Waals surface area contributed by atoms with Crippen LogP contribution in [0.25, 0.3) is 0 Å². The molecule has 1 aliphatic carbocycles. The summed E-state index contributed by atoms with van der Waals surface area (Å²) in [4.78, 5) is 15.8. The standard InChI is InChI=1S/C25H29N2O2/c1-29-24-12-8-20(9-13-24)18-25(22-4-2-3-5-22)27-16-14-26(15-17-27)23-10-6-21(19-28)7-11-23/h4,6-13,25H,2-3,5,14-18H2,1H3. The van der Waals surface area contributed by atoms with Crippen molar-refractivity contribution in [3.8, 4) is 5.75 Å². The number of nitrogens with zero attached hydrogens (tertiary/aromatic N) is 2. The molecule has 1 heterocycles. The first-order valence-corrected chi connectivity index (χ1v) is 10.6. The summed E-state index contributed by atoms with van der Waals surface area (Å²) in [6.07, 6.45) is 9.20. The van der Waals surface area contributed by atoms with Gasteiger partial charge in [-0.25, -0.2) is 0 Å². The van der Waals surface area contributed by atoms with Crippen LogP contribution in [-0.2, 0) is 11.2 Å². The van der Waals surface area contributed by atoms with Crippen LogP contribution >= 0.6 is 0 Å². The molecule has 1 radical (unpaired) electrons. The maximum atomic E-state index is 10.8. The molecule has 151 valence electrons. The van der Waals surface area contributed by atoms with Gasteiger partial charge in [0, 0.05) is 43.5 Å². The zero-order valence-electron chi connectivity index (χ0n) is 17.1.